The Bertz CT molecular complexity index is 505. The molecule has 2 amide bonds. The van der Waals surface area contributed by atoms with Crippen LogP contribution in [0.25, 0.3) is 0 Å². The number of carbonyl (C=O) groups excluding carboxylic acids is 1. The highest BCUT2D eigenvalue weighted by Gasteiger charge is 2.31. The first-order chi connectivity index (χ1) is 10.4. The predicted octanol–water partition coefficient (Wildman–Crippen LogP) is 2.42. The summed E-state index contributed by atoms with van der Waals surface area (Å²) >= 11 is 3.31. The molecule has 1 rings (SSSR count). The predicted molar refractivity (Wildman–Crippen MR) is 90.0 cm³/mol. The van der Waals surface area contributed by atoms with Crippen molar-refractivity contribution in [3.8, 4) is 0 Å². The van der Waals surface area contributed by atoms with Crippen molar-refractivity contribution in [3.05, 3.63) is 28.7 Å². The number of nitrogens with one attached hydrogen (secondary N) is 1. The van der Waals surface area contributed by atoms with Gasteiger partial charge in [0, 0.05) is 23.2 Å². The number of carbonyl (C=O) groups is 2. The van der Waals surface area contributed by atoms with Gasteiger partial charge in [-0.05, 0) is 36.6 Å². The summed E-state index contributed by atoms with van der Waals surface area (Å²) in [7, 11) is 0. The standard InChI is InChI=1S/C15H22BrN3O3/c1-10(2)9-13(14(20)18-8-7-17)19(15(21)22)12-5-3-11(16)4-6-12/h3-6,10,13H,7-9,17H2,1-2H3,(H,18,20)(H,21,22)/t13-/m0/s1. The van der Waals surface area contributed by atoms with E-state index in [9.17, 15) is 14.7 Å². The van der Waals surface area contributed by atoms with Gasteiger partial charge in [-0.3, -0.25) is 9.69 Å². The topological polar surface area (TPSA) is 95.7 Å². The summed E-state index contributed by atoms with van der Waals surface area (Å²) < 4.78 is 0.842. The smallest absolute Gasteiger partial charge is 0.412 e. The zero-order valence-corrected chi connectivity index (χ0v) is 14.3. The van der Waals surface area contributed by atoms with Crippen molar-refractivity contribution in [3.63, 3.8) is 0 Å². The summed E-state index contributed by atoms with van der Waals surface area (Å²) in [6.07, 6.45) is -0.727. The molecule has 0 aliphatic rings. The lowest BCUT2D eigenvalue weighted by Gasteiger charge is -2.29. The molecule has 1 aromatic rings. The molecule has 7 heteroatoms. The lowest BCUT2D eigenvalue weighted by atomic mass is 10.0. The van der Waals surface area contributed by atoms with Gasteiger partial charge in [0.1, 0.15) is 6.04 Å². The van der Waals surface area contributed by atoms with Crippen LogP contribution in [0.15, 0.2) is 28.7 Å². The van der Waals surface area contributed by atoms with Crippen LogP contribution in [0.4, 0.5) is 10.5 Å². The number of rotatable bonds is 7. The minimum atomic E-state index is -1.16. The Kier molecular flexibility index (Phi) is 7.34. The monoisotopic (exact) mass is 371 g/mol. The molecular formula is C15H22BrN3O3. The molecule has 0 aromatic heterocycles. The van der Waals surface area contributed by atoms with Gasteiger partial charge in [-0.15, -0.1) is 0 Å². The summed E-state index contributed by atoms with van der Waals surface area (Å²) in [5.74, 6) is -0.157. The second-order valence-corrected chi connectivity index (χ2v) is 6.27. The van der Waals surface area contributed by atoms with Crippen LogP contribution < -0.4 is 16.0 Å². The van der Waals surface area contributed by atoms with Gasteiger partial charge in [0.05, 0.1) is 0 Å². The largest absolute Gasteiger partial charge is 0.465 e. The third-order valence-electron chi connectivity index (χ3n) is 3.06. The van der Waals surface area contributed by atoms with Crippen LogP contribution in [0.2, 0.25) is 0 Å². The lowest BCUT2D eigenvalue weighted by Crippen LogP contribution is -2.51. The SMILES string of the molecule is CC(C)C[C@@H](C(=O)NCCN)N(C(=O)O)c1ccc(Br)cc1. The number of hydrogen-bond acceptors (Lipinski definition) is 3. The van der Waals surface area contributed by atoms with Crippen molar-refractivity contribution >= 4 is 33.6 Å². The zero-order valence-electron chi connectivity index (χ0n) is 12.8. The zero-order chi connectivity index (χ0) is 16.7. The van der Waals surface area contributed by atoms with E-state index in [4.69, 9.17) is 5.73 Å². The maximum Gasteiger partial charge on any atom is 0.412 e. The first-order valence-corrected chi connectivity index (χ1v) is 7.91. The summed E-state index contributed by atoms with van der Waals surface area (Å²) in [5.41, 5.74) is 5.85. The molecule has 0 saturated carbocycles. The van der Waals surface area contributed by atoms with E-state index in [1.165, 1.54) is 0 Å². The molecule has 0 bridgehead atoms. The summed E-state index contributed by atoms with van der Waals surface area (Å²) in [6.45, 7) is 4.53. The molecule has 0 aliphatic heterocycles. The van der Waals surface area contributed by atoms with Crippen molar-refractivity contribution in [2.75, 3.05) is 18.0 Å². The van der Waals surface area contributed by atoms with Gasteiger partial charge >= 0.3 is 6.09 Å². The minimum absolute atomic E-state index is 0.172. The molecule has 1 atom stereocenters. The number of nitrogens with zero attached hydrogens (tertiary/aromatic N) is 1. The number of carboxylic acid groups (broad SMARTS) is 1. The number of hydrogen-bond donors (Lipinski definition) is 3. The fourth-order valence-corrected chi connectivity index (χ4v) is 2.38. The van der Waals surface area contributed by atoms with Gasteiger partial charge in [-0.2, -0.15) is 0 Å². The van der Waals surface area contributed by atoms with E-state index < -0.39 is 12.1 Å². The highest BCUT2D eigenvalue weighted by atomic mass is 79.9. The van der Waals surface area contributed by atoms with Gasteiger partial charge in [-0.25, -0.2) is 4.79 Å². The van der Waals surface area contributed by atoms with E-state index in [0.717, 1.165) is 9.37 Å². The Labute approximate surface area is 138 Å². The Morgan fingerprint density at radius 2 is 1.91 bits per heavy atom. The normalized spacial score (nSPS) is 12.0. The fourth-order valence-electron chi connectivity index (χ4n) is 2.11. The number of anilines is 1. The number of amides is 2. The van der Waals surface area contributed by atoms with Crippen LogP contribution >= 0.6 is 15.9 Å². The minimum Gasteiger partial charge on any atom is -0.465 e. The van der Waals surface area contributed by atoms with E-state index >= 15 is 0 Å². The third kappa shape index (κ3) is 5.31. The van der Waals surface area contributed by atoms with Gasteiger partial charge < -0.3 is 16.2 Å². The number of benzene rings is 1. The van der Waals surface area contributed by atoms with Crippen LogP contribution in [0, 0.1) is 5.92 Å². The van der Waals surface area contributed by atoms with Crippen molar-refractivity contribution in [2.24, 2.45) is 11.7 Å². The van der Waals surface area contributed by atoms with Crippen molar-refractivity contribution in [1.82, 2.24) is 5.32 Å². The van der Waals surface area contributed by atoms with E-state index in [2.05, 4.69) is 21.2 Å². The fraction of sp³-hybridized carbons (Fsp3) is 0.467. The highest BCUT2D eigenvalue weighted by Crippen LogP contribution is 2.23. The lowest BCUT2D eigenvalue weighted by molar-refractivity contribution is -0.122. The highest BCUT2D eigenvalue weighted by molar-refractivity contribution is 9.10. The van der Waals surface area contributed by atoms with Crippen molar-refractivity contribution in [2.45, 2.75) is 26.3 Å². The number of halogens is 1. The van der Waals surface area contributed by atoms with Gasteiger partial charge in [0.2, 0.25) is 5.91 Å². The molecule has 122 valence electrons. The van der Waals surface area contributed by atoms with E-state index in [1.54, 1.807) is 24.3 Å². The maximum absolute atomic E-state index is 12.3. The molecule has 0 saturated heterocycles. The Balaban J connectivity index is 3.11. The first kappa shape index (κ1) is 18.4. The quantitative estimate of drug-likeness (QED) is 0.685. The molecule has 0 unspecified atom stereocenters. The average molecular weight is 372 g/mol. The molecule has 22 heavy (non-hydrogen) atoms. The summed E-state index contributed by atoms with van der Waals surface area (Å²) in [4.78, 5) is 25.1. The average Bonchev–Trinajstić information content (AvgIpc) is 2.45. The van der Waals surface area contributed by atoms with Gasteiger partial charge in [0.15, 0.2) is 0 Å². The van der Waals surface area contributed by atoms with Crippen molar-refractivity contribution < 1.29 is 14.7 Å². The van der Waals surface area contributed by atoms with E-state index in [0.29, 0.717) is 25.2 Å². The Hall–Kier alpha value is -1.60. The second kappa shape index (κ2) is 8.75. The van der Waals surface area contributed by atoms with E-state index in [-0.39, 0.29) is 11.8 Å². The van der Waals surface area contributed by atoms with Crippen LogP contribution in [0.5, 0.6) is 0 Å². The van der Waals surface area contributed by atoms with Crippen LogP contribution in [-0.4, -0.2) is 36.2 Å². The maximum atomic E-state index is 12.3. The molecule has 0 aliphatic carbocycles. The second-order valence-electron chi connectivity index (χ2n) is 5.35. The number of nitrogens with two attached hydrogens (primary N) is 1. The third-order valence-corrected chi connectivity index (χ3v) is 3.59. The van der Waals surface area contributed by atoms with Crippen LogP contribution in [-0.2, 0) is 4.79 Å². The van der Waals surface area contributed by atoms with E-state index in [1.807, 2.05) is 13.8 Å². The van der Waals surface area contributed by atoms with Crippen LogP contribution in [0.1, 0.15) is 20.3 Å². The van der Waals surface area contributed by atoms with Crippen molar-refractivity contribution in [1.29, 1.82) is 0 Å². The van der Waals surface area contributed by atoms with Gasteiger partial charge in [-0.1, -0.05) is 29.8 Å². The molecule has 4 N–H and O–H groups in total. The molecule has 0 radical (unpaired) electrons. The Morgan fingerprint density at radius 3 is 2.36 bits per heavy atom. The summed E-state index contributed by atoms with van der Waals surface area (Å²) in [6, 6.07) is 6.04. The Morgan fingerprint density at radius 1 is 1.32 bits per heavy atom. The molecule has 0 heterocycles. The molecule has 0 fully saturated rings. The molecule has 0 spiro atoms. The molecular weight excluding hydrogens is 350 g/mol. The van der Waals surface area contributed by atoms with Crippen LogP contribution in [0.3, 0.4) is 0 Å². The summed E-state index contributed by atoms with van der Waals surface area (Å²) in [5, 5.41) is 12.2. The molecule has 1 aromatic carbocycles. The first-order valence-electron chi connectivity index (χ1n) is 7.12. The molecule has 6 nitrogen and oxygen atoms in total. The van der Waals surface area contributed by atoms with Gasteiger partial charge in [0.25, 0.3) is 0 Å².